The van der Waals surface area contributed by atoms with Gasteiger partial charge in [0.15, 0.2) is 5.13 Å². The van der Waals surface area contributed by atoms with Gasteiger partial charge in [0, 0.05) is 11.8 Å². The van der Waals surface area contributed by atoms with E-state index in [4.69, 9.17) is 9.84 Å². The van der Waals surface area contributed by atoms with Crippen molar-refractivity contribution in [3.8, 4) is 5.75 Å². The van der Waals surface area contributed by atoms with E-state index in [1.165, 1.54) is 23.5 Å². The molecule has 3 rings (SSSR count). The van der Waals surface area contributed by atoms with Gasteiger partial charge in [0.2, 0.25) is 0 Å². The molecule has 0 saturated carbocycles. The zero-order valence-electron chi connectivity index (χ0n) is 12.6. The normalized spacial score (nSPS) is 10.4. The highest BCUT2D eigenvalue weighted by Crippen LogP contribution is 2.27. The van der Waals surface area contributed by atoms with Crippen LogP contribution in [0.1, 0.15) is 10.4 Å². The molecule has 8 heteroatoms. The summed E-state index contributed by atoms with van der Waals surface area (Å²) in [5.74, 6) is -0.371. The summed E-state index contributed by atoms with van der Waals surface area (Å²) in [6.45, 7) is 0. The van der Waals surface area contributed by atoms with Crippen LogP contribution in [0.4, 0.5) is 15.6 Å². The Morgan fingerprint density at radius 2 is 2.00 bits per heavy atom. The Labute approximate surface area is 140 Å². The summed E-state index contributed by atoms with van der Waals surface area (Å²) in [7, 11) is 1.55. The van der Waals surface area contributed by atoms with E-state index >= 15 is 0 Å². The number of anilines is 2. The number of carboxylic acid groups (broad SMARTS) is 1. The summed E-state index contributed by atoms with van der Waals surface area (Å²) in [6, 6.07) is 11.1. The van der Waals surface area contributed by atoms with Crippen molar-refractivity contribution in [3.63, 3.8) is 0 Å². The lowest BCUT2D eigenvalue weighted by molar-refractivity contribution is 0.0697. The van der Waals surface area contributed by atoms with Gasteiger partial charge >= 0.3 is 12.0 Å². The number of methoxy groups -OCH3 is 1. The zero-order chi connectivity index (χ0) is 17.1. The molecule has 0 atom stereocenters. The maximum Gasteiger partial charge on any atom is 0.335 e. The molecule has 0 aliphatic rings. The lowest BCUT2D eigenvalue weighted by Crippen LogP contribution is -2.19. The molecule has 0 fully saturated rings. The maximum absolute atomic E-state index is 12.0. The third kappa shape index (κ3) is 3.44. The van der Waals surface area contributed by atoms with Gasteiger partial charge in [-0.05, 0) is 30.3 Å². The van der Waals surface area contributed by atoms with Gasteiger partial charge in [0.05, 0.1) is 22.9 Å². The highest BCUT2D eigenvalue weighted by atomic mass is 32.1. The molecule has 1 aromatic heterocycles. The zero-order valence-corrected chi connectivity index (χ0v) is 13.4. The number of aromatic nitrogens is 1. The molecule has 0 spiro atoms. The van der Waals surface area contributed by atoms with Crippen LogP contribution in [-0.2, 0) is 0 Å². The van der Waals surface area contributed by atoms with Crippen molar-refractivity contribution in [2.75, 3.05) is 17.7 Å². The number of carbonyl (C=O) groups excluding carboxylic acids is 1. The first kappa shape index (κ1) is 15.8. The number of rotatable bonds is 4. The van der Waals surface area contributed by atoms with Gasteiger partial charge in [0.25, 0.3) is 0 Å². The van der Waals surface area contributed by atoms with Gasteiger partial charge in [-0.15, -0.1) is 0 Å². The summed E-state index contributed by atoms with van der Waals surface area (Å²) in [5.41, 5.74) is 1.39. The standard InChI is InChI=1S/C16H13N3O4S/c1-23-11-4-2-3-10(8-11)17-15(22)19-16-18-12-6-5-9(14(20)21)7-13(12)24-16/h2-8H,1H3,(H,20,21)(H2,17,18,19,22). The van der Waals surface area contributed by atoms with E-state index in [0.717, 1.165) is 0 Å². The van der Waals surface area contributed by atoms with Crippen molar-refractivity contribution in [3.05, 3.63) is 48.0 Å². The molecule has 3 N–H and O–H groups in total. The van der Waals surface area contributed by atoms with Crippen LogP contribution in [0.15, 0.2) is 42.5 Å². The fourth-order valence-electron chi connectivity index (χ4n) is 2.07. The number of aromatic carboxylic acids is 1. The minimum absolute atomic E-state index is 0.179. The Morgan fingerprint density at radius 3 is 2.75 bits per heavy atom. The molecule has 2 amide bonds. The molecule has 0 saturated heterocycles. The molecule has 3 aromatic rings. The molecule has 0 bridgehead atoms. The quantitative estimate of drug-likeness (QED) is 0.671. The molecule has 1 heterocycles. The minimum Gasteiger partial charge on any atom is -0.497 e. The van der Waals surface area contributed by atoms with Gasteiger partial charge in [-0.3, -0.25) is 5.32 Å². The predicted molar refractivity (Wildman–Crippen MR) is 92.2 cm³/mol. The highest BCUT2D eigenvalue weighted by Gasteiger charge is 2.10. The smallest absolute Gasteiger partial charge is 0.335 e. The molecule has 0 unspecified atom stereocenters. The van der Waals surface area contributed by atoms with E-state index in [9.17, 15) is 9.59 Å². The Balaban J connectivity index is 1.74. The fraction of sp³-hybridized carbons (Fsp3) is 0.0625. The summed E-state index contributed by atoms with van der Waals surface area (Å²) in [5, 5.41) is 14.7. The number of nitrogens with one attached hydrogen (secondary N) is 2. The van der Waals surface area contributed by atoms with Crippen LogP contribution < -0.4 is 15.4 Å². The van der Waals surface area contributed by atoms with Gasteiger partial charge in [-0.1, -0.05) is 17.4 Å². The number of urea groups is 1. The number of hydrogen-bond acceptors (Lipinski definition) is 5. The molecule has 24 heavy (non-hydrogen) atoms. The van der Waals surface area contributed by atoms with Crippen molar-refractivity contribution in [2.45, 2.75) is 0 Å². The summed E-state index contributed by atoms with van der Waals surface area (Å²) in [6.07, 6.45) is 0. The second-order valence-electron chi connectivity index (χ2n) is 4.82. The fourth-order valence-corrected chi connectivity index (χ4v) is 2.97. The largest absolute Gasteiger partial charge is 0.497 e. The monoisotopic (exact) mass is 343 g/mol. The Bertz CT molecular complexity index is 923. The number of amides is 2. The number of ether oxygens (including phenoxy) is 1. The van der Waals surface area contributed by atoms with E-state index in [1.54, 1.807) is 37.4 Å². The SMILES string of the molecule is COc1cccc(NC(=O)Nc2nc3ccc(C(=O)O)cc3s2)c1. The summed E-state index contributed by atoms with van der Waals surface area (Å²) < 4.78 is 5.78. The van der Waals surface area contributed by atoms with Crippen molar-refractivity contribution in [2.24, 2.45) is 0 Å². The second-order valence-corrected chi connectivity index (χ2v) is 5.85. The first-order valence-electron chi connectivity index (χ1n) is 6.91. The number of hydrogen-bond donors (Lipinski definition) is 3. The third-order valence-electron chi connectivity index (χ3n) is 3.18. The molecule has 7 nitrogen and oxygen atoms in total. The Morgan fingerprint density at radius 1 is 1.17 bits per heavy atom. The third-order valence-corrected chi connectivity index (χ3v) is 4.12. The van der Waals surface area contributed by atoms with Gasteiger partial charge < -0.3 is 15.2 Å². The van der Waals surface area contributed by atoms with Crippen molar-refractivity contribution < 1.29 is 19.4 Å². The van der Waals surface area contributed by atoms with Crippen molar-refractivity contribution in [1.29, 1.82) is 0 Å². The summed E-state index contributed by atoms with van der Waals surface area (Å²) in [4.78, 5) is 27.3. The van der Waals surface area contributed by atoms with Crippen LogP contribution in [0.25, 0.3) is 10.2 Å². The molecule has 122 valence electrons. The van der Waals surface area contributed by atoms with Crippen LogP contribution in [0.3, 0.4) is 0 Å². The van der Waals surface area contributed by atoms with Crippen LogP contribution in [-0.4, -0.2) is 29.2 Å². The van der Waals surface area contributed by atoms with E-state index < -0.39 is 12.0 Å². The minimum atomic E-state index is -1.00. The topological polar surface area (TPSA) is 101 Å². The molecular formula is C16H13N3O4S. The number of benzene rings is 2. The number of nitrogens with zero attached hydrogens (tertiary/aromatic N) is 1. The molecule has 0 aliphatic heterocycles. The highest BCUT2D eigenvalue weighted by molar-refractivity contribution is 7.22. The molecule has 2 aromatic carbocycles. The van der Waals surface area contributed by atoms with Crippen LogP contribution in [0.5, 0.6) is 5.75 Å². The van der Waals surface area contributed by atoms with Gasteiger partial charge in [-0.2, -0.15) is 0 Å². The van der Waals surface area contributed by atoms with Gasteiger partial charge in [-0.25, -0.2) is 14.6 Å². The number of carbonyl (C=O) groups is 2. The van der Waals surface area contributed by atoms with Crippen molar-refractivity contribution >= 4 is 44.4 Å². The molecule has 0 radical (unpaired) electrons. The van der Waals surface area contributed by atoms with Crippen molar-refractivity contribution in [1.82, 2.24) is 4.98 Å². The van der Waals surface area contributed by atoms with E-state index in [1.807, 2.05) is 0 Å². The average molecular weight is 343 g/mol. The van der Waals surface area contributed by atoms with E-state index in [-0.39, 0.29) is 5.56 Å². The maximum atomic E-state index is 12.0. The van der Waals surface area contributed by atoms with Crippen LogP contribution >= 0.6 is 11.3 Å². The summed E-state index contributed by atoms with van der Waals surface area (Å²) >= 11 is 1.20. The molecule has 0 aliphatic carbocycles. The average Bonchev–Trinajstić information content (AvgIpc) is 2.95. The number of fused-ring (bicyclic) bond motifs is 1. The lowest BCUT2D eigenvalue weighted by atomic mass is 10.2. The first-order valence-corrected chi connectivity index (χ1v) is 7.73. The van der Waals surface area contributed by atoms with E-state index in [2.05, 4.69) is 15.6 Å². The molecular weight excluding hydrogens is 330 g/mol. The number of carboxylic acids is 1. The van der Waals surface area contributed by atoms with Gasteiger partial charge in [0.1, 0.15) is 5.75 Å². The van der Waals surface area contributed by atoms with Crippen LogP contribution in [0, 0.1) is 0 Å². The van der Waals surface area contributed by atoms with E-state index in [0.29, 0.717) is 26.8 Å². The van der Waals surface area contributed by atoms with Crippen LogP contribution in [0.2, 0.25) is 0 Å². The Kier molecular flexibility index (Phi) is 4.30. The number of thiazole rings is 1. The second kappa shape index (κ2) is 6.55. The first-order chi connectivity index (χ1) is 11.5. The lowest BCUT2D eigenvalue weighted by Gasteiger charge is -2.06. The Hall–Kier alpha value is -3.13. The predicted octanol–water partition coefficient (Wildman–Crippen LogP) is 3.65.